The number of hydrogen-bond acceptors (Lipinski definition) is 4. The molecule has 26 heavy (non-hydrogen) atoms. The van der Waals surface area contributed by atoms with Crippen LogP contribution in [0.5, 0.6) is 0 Å². The van der Waals surface area contributed by atoms with E-state index in [2.05, 4.69) is 0 Å². The fourth-order valence-corrected chi connectivity index (χ4v) is 4.44. The van der Waals surface area contributed by atoms with Crippen molar-refractivity contribution in [2.45, 2.75) is 24.3 Å². The van der Waals surface area contributed by atoms with E-state index in [1.54, 1.807) is 0 Å². The number of rotatable bonds is 5. The Morgan fingerprint density at radius 1 is 1.12 bits per heavy atom. The fourth-order valence-electron chi connectivity index (χ4n) is 2.71. The molecule has 0 atom stereocenters. The van der Waals surface area contributed by atoms with Gasteiger partial charge >= 0.3 is 5.97 Å². The van der Waals surface area contributed by atoms with Gasteiger partial charge in [0.05, 0.1) is 15.5 Å². The second kappa shape index (κ2) is 7.73. The van der Waals surface area contributed by atoms with Gasteiger partial charge in [-0.15, -0.1) is 0 Å². The van der Waals surface area contributed by atoms with Gasteiger partial charge in [-0.25, -0.2) is 17.6 Å². The molecule has 2 aromatic rings. The molecule has 1 aliphatic rings. The minimum absolute atomic E-state index is 0.0116. The molecule has 0 aromatic heterocycles. The van der Waals surface area contributed by atoms with Gasteiger partial charge in [0.1, 0.15) is 12.4 Å². The van der Waals surface area contributed by atoms with Crippen LogP contribution in [0.3, 0.4) is 0 Å². The average molecular weight is 398 g/mol. The molecule has 138 valence electrons. The number of ether oxygens (including phenoxy) is 1. The highest BCUT2D eigenvalue weighted by Crippen LogP contribution is 2.26. The van der Waals surface area contributed by atoms with Gasteiger partial charge in [-0.3, -0.25) is 0 Å². The normalized spacial score (nSPS) is 15.2. The Hall–Kier alpha value is -1.96. The fraction of sp³-hybridized carbons (Fsp3) is 0.278. The summed E-state index contributed by atoms with van der Waals surface area (Å²) in [4.78, 5) is 12.3. The van der Waals surface area contributed by atoms with Crippen molar-refractivity contribution in [3.63, 3.8) is 0 Å². The highest BCUT2D eigenvalue weighted by atomic mass is 35.5. The topological polar surface area (TPSA) is 63.7 Å². The van der Waals surface area contributed by atoms with E-state index < -0.39 is 16.0 Å². The van der Waals surface area contributed by atoms with Crippen molar-refractivity contribution >= 4 is 27.6 Å². The minimum Gasteiger partial charge on any atom is -0.457 e. The van der Waals surface area contributed by atoms with Crippen molar-refractivity contribution in [1.29, 1.82) is 0 Å². The molecule has 0 amide bonds. The molecular formula is C18H17ClFNO4S. The molecule has 1 saturated heterocycles. The molecule has 1 heterocycles. The summed E-state index contributed by atoms with van der Waals surface area (Å²) in [5.74, 6) is -1.12. The van der Waals surface area contributed by atoms with Gasteiger partial charge in [0.25, 0.3) is 0 Å². The van der Waals surface area contributed by atoms with Crippen LogP contribution < -0.4 is 0 Å². The summed E-state index contributed by atoms with van der Waals surface area (Å²) in [6.07, 6.45) is 1.64. The number of sulfonamides is 1. The zero-order valence-corrected chi connectivity index (χ0v) is 15.4. The second-order valence-corrected chi connectivity index (χ2v) is 8.30. The van der Waals surface area contributed by atoms with Crippen molar-refractivity contribution in [3.8, 4) is 0 Å². The van der Waals surface area contributed by atoms with Crippen LogP contribution in [-0.4, -0.2) is 31.8 Å². The molecule has 1 aliphatic heterocycles. The second-order valence-electron chi connectivity index (χ2n) is 5.96. The number of carbonyl (C=O) groups excluding carboxylic acids is 1. The Bertz CT molecular complexity index is 909. The smallest absolute Gasteiger partial charge is 0.340 e. The summed E-state index contributed by atoms with van der Waals surface area (Å²) in [6.45, 7) is 0.864. The molecule has 3 rings (SSSR count). The van der Waals surface area contributed by atoms with E-state index in [0.717, 1.165) is 12.8 Å². The van der Waals surface area contributed by atoms with E-state index in [9.17, 15) is 17.6 Å². The summed E-state index contributed by atoms with van der Waals surface area (Å²) in [7, 11) is -3.66. The maximum absolute atomic E-state index is 12.9. The Morgan fingerprint density at radius 2 is 1.77 bits per heavy atom. The molecule has 5 nitrogen and oxygen atoms in total. The van der Waals surface area contributed by atoms with E-state index in [-0.39, 0.29) is 27.9 Å². The van der Waals surface area contributed by atoms with Gasteiger partial charge in [-0.2, -0.15) is 4.31 Å². The third kappa shape index (κ3) is 4.06. The predicted molar refractivity (Wildman–Crippen MR) is 95.0 cm³/mol. The van der Waals surface area contributed by atoms with E-state index >= 15 is 0 Å². The lowest BCUT2D eigenvalue weighted by atomic mass is 10.2. The quantitative estimate of drug-likeness (QED) is 0.723. The Balaban J connectivity index is 1.78. The van der Waals surface area contributed by atoms with E-state index in [4.69, 9.17) is 16.3 Å². The summed E-state index contributed by atoms with van der Waals surface area (Å²) < 4.78 is 44.7. The monoisotopic (exact) mass is 397 g/mol. The predicted octanol–water partition coefficient (Wildman–Crippen LogP) is 3.62. The molecule has 0 radical (unpaired) electrons. The van der Waals surface area contributed by atoms with E-state index in [1.165, 1.54) is 46.8 Å². The number of carbonyl (C=O) groups is 1. The van der Waals surface area contributed by atoms with Crippen LogP contribution in [0.1, 0.15) is 28.8 Å². The molecule has 0 aliphatic carbocycles. The lowest BCUT2D eigenvalue weighted by Gasteiger charge is -2.16. The largest absolute Gasteiger partial charge is 0.457 e. The number of esters is 1. The maximum atomic E-state index is 12.9. The molecule has 0 unspecified atom stereocenters. The summed E-state index contributed by atoms with van der Waals surface area (Å²) >= 11 is 6.04. The van der Waals surface area contributed by atoms with Gasteiger partial charge in [0.2, 0.25) is 10.0 Å². The molecular weight excluding hydrogens is 381 g/mol. The molecule has 1 fully saturated rings. The van der Waals surface area contributed by atoms with E-state index in [1.807, 2.05) is 0 Å². The Kier molecular flexibility index (Phi) is 5.60. The van der Waals surface area contributed by atoms with Crippen molar-refractivity contribution in [2.75, 3.05) is 13.1 Å². The third-order valence-electron chi connectivity index (χ3n) is 4.14. The molecule has 0 spiro atoms. The maximum Gasteiger partial charge on any atom is 0.340 e. The van der Waals surface area contributed by atoms with Crippen molar-refractivity contribution < 1.29 is 22.3 Å². The molecule has 0 N–H and O–H groups in total. The summed E-state index contributed by atoms with van der Waals surface area (Å²) in [5, 5.41) is 0.106. The van der Waals surface area contributed by atoms with Crippen LogP contribution in [0.25, 0.3) is 0 Å². The van der Waals surface area contributed by atoms with Gasteiger partial charge in [-0.05, 0) is 48.7 Å². The van der Waals surface area contributed by atoms with Gasteiger partial charge in [0, 0.05) is 13.1 Å². The number of nitrogens with zero attached hydrogens (tertiary/aromatic N) is 1. The first-order chi connectivity index (χ1) is 12.4. The van der Waals surface area contributed by atoms with Crippen molar-refractivity contribution in [3.05, 3.63) is 64.4 Å². The highest BCUT2D eigenvalue weighted by molar-refractivity contribution is 7.89. The Morgan fingerprint density at radius 3 is 2.42 bits per heavy atom. The minimum atomic E-state index is -3.66. The first-order valence-electron chi connectivity index (χ1n) is 8.09. The van der Waals surface area contributed by atoms with Crippen LogP contribution in [0.15, 0.2) is 47.4 Å². The van der Waals surface area contributed by atoms with E-state index in [0.29, 0.717) is 18.7 Å². The molecule has 8 heteroatoms. The molecule has 2 aromatic carbocycles. The molecule has 0 saturated carbocycles. The van der Waals surface area contributed by atoms with Crippen LogP contribution in [0.2, 0.25) is 5.02 Å². The Labute approximate surface area is 156 Å². The zero-order chi connectivity index (χ0) is 18.7. The summed E-state index contributed by atoms with van der Waals surface area (Å²) in [6, 6.07) is 9.52. The number of benzene rings is 2. The van der Waals surface area contributed by atoms with Crippen molar-refractivity contribution in [1.82, 2.24) is 4.31 Å². The first kappa shape index (κ1) is 18.8. The van der Waals surface area contributed by atoms with Crippen LogP contribution in [-0.2, 0) is 21.4 Å². The van der Waals surface area contributed by atoms with Crippen LogP contribution in [0.4, 0.5) is 4.39 Å². The lowest BCUT2D eigenvalue weighted by molar-refractivity contribution is 0.0472. The third-order valence-corrected chi connectivity index (χ3v) is 6.37. The summed E-state index contributed by atoms with van der Waals surface area (Å²) in [5.41, 5.74) is 0.589. The molecule has 0 bridgehead atoms. The van der Waals surface area contributed by atoms with Gasteiger partial charge in [0.15, 0.2) is 0 Å². The first-order valence-corrected chi connectivity index (χ1v) is 9.91. The van der Waals surface area contributed by atoms with Crippen LogP contribution in [0, 0.1) is 5.82 Å². The van der Waals surface area contributed by atoms with Crippen molar-refractivity contribution in [2.24, 2.45) is 0 Å². The number of halogens is 2. The lowest BCUT2D eigenvalue weighted by Crippen LogP contribution is -2.28. The van der Waals surface area contributed by atoms with Gasteiger partial charge in [-0.1, -0.05) is 23.7 Å². The standard InChI is InChI=1S/C18H17ClFNO4S/c19-17-8-7-15(26(23,24)21-9-1-2-10-21)11-16(17)18(22)25-12-13-3-5-14(20)6-4-13/h3-8,11H,1-2,9-10,12H2. The SMILES string of the molecule is O=C(OCc1ccc(F)cc1)c1cc(S(=O)(=O)N2CCCC2)ccc1Cl. The van der Waals surface area contributed by atoms with Gasteiger partial charge < -0.3 is 4.74 Å². The average Bonchev–Trinajstić information content (AvgIpc) is 3.17. The zero-order valence-electron chi connectivity index (χ0n) is 13.8. The highest BCUT2D eigenvalue weighted by Gasteiger charge is 2.28. The van der Waals surface area contributed by atoms with Crippen LogP contribution >= 0.6 is 11.6 Å². The number of hydrogen-bond donors (Lipinski definition) is 0.